The Labute approximate surface area is 183 Å². The van der Waals surface area contributed by atoms with E-state index in [9.17, 15) is 9.59 Å². The number of anilines is 3. The van der Waals surface area contributed by atoms with Crippen molar-refractivity contribution in [2.75, 3.05) is 23.8 Å². The molecule has 10 nitrogen and oxygen atoms in total. The third kappa shape index (κ3) is 3.92. The van der Waals surface area contributed by atoms with Gasteiger partial charge >= 0.3 is 0 Å². The number of pyridine rings is 1. The zero-order valence-corrected chi connectivity index (χ0v) is 17.4. The minimum Gasteiger partial charge on any atom is -0.379 e. The highest BCUT2D eigenvalue weighted by Gasteiger charge is 2.43. The molecule has 0 bridgehead atoms. The number of ether oxygens (including phenoxy) is 1. The molecule has 1 aliphatic heterocycles. The number of aromatic nitrogens is 5. The third-order valence-corrected chi connectivity index (χ3v) is 5.49. The number of carbonyl (C=O) groups excluding carboxylic acids is 2. The maximum Gasteiger partial charge on any atom is 0.278 e. The molecule has 0 radical (unpaired) electrons. The predicted molar refractivity (Wildman–Crippen MR) is 115 cm³/mol. The molecule has 2 aliphatic rings. The lowest BCUT2D eigenvalue weighted by Crippen LogP contribution is -2.47. The Kier molecular flexibility index (Phi) is 5.06. The van der Waals surface area contributed by atoms with Crippen LogP contribution in [0, 0.1) is 5.41 Å². The van der Waals surface area contributed by atoms with Crippen molar-refractivity contribution in [3.63, 3.8) is 0 Å². The third-order valence-electron chi connectivity index (χ3n) is 5.49. The van der Waals surface area contributed by atoms with Crippen LogP contribution in [0.5, 0.6) is 0 Å². The molecule has 3 aromatic heterocycles. The lowest BCUT2D eigenvalue weighted by molar-refractivity contribution is -0.0769. The highest BCUT2D eigenvalue weighted by molar-refractivity contribution is 6.11. The number of nitrogens with zero attached hydrogens (tertiary/aromatic N) is 5. The number of rotatable bonds is 7. The van der Waals surface area contributed by atoms with Crippen LogP contribution in [-0.2, 0) is 4.74 Å². The van der Waals surface area contributed by atoms with Gasteiger partial charge in [-0.1, -0.05) is 0 Å². The van der Waals surface area contributed by atoms with Crippen molar-refractivity contribution in [1.82, 2.24) is 24.9 Å². The van der Waals surface area contributed by atoms with Gasteiger partial charge in [-0.25, -0.2) is 19.9 Å². The summed E-state index contributed by atoms with van der Waals surface area (Å²) >= 11 is 0. The zero-order valence-electron chi connectivity index (χ0n) is 17.4. The Morgan fingerprint density at radius 3 is 2.56 bits per heavy atom. The minimum absolute atomic E-state index is 0.124. The van der Waals surface area contributed by atoms with Crippen LogP contribution in [0.25, 0.3) is 0 Å². The van der Waals surface area contributed by atoms with Crippen LogP contribution in [-0.4, -0.2) is 49.8 Å². The minimum atomic E-state index is -0.639. The standard InChI is InChI=1S/C22H21N7O3/c1-22(10-32-11-22)19(30)17-15(3-2-6-25-17)29-21(31)18-20(27-14-7-23-12-24-8-14)26-9-16(28-18)13-4-5-13/h2-3,6-9,12-13H,4-5,10-11H2,1H3,(H,26,27)(H,29,31). The van der Waals surface area contributed by atoms with Gasteiger partial charge in [-0.2, -0.15) is 0 Å². The molecule has 32 heavy (non-hydrogen) atoms. The fourth-order valence-corrected chi connectivity index (χ4v) is 3.42. The Morgan fingerprint density at radius 1 is 1.09 bits per heavy atom. The molecule has 0 unspecified atom stereocenters. The van der Waals surface area contributed by atoms with Crippen molar-refractivity contribution in [3.05, 3.63) is 60.3 Å². The van der Waals surface area contributed by atoms with E-state index in [1.165, 1.54) is 12.5 Å². The van der Waals surface area contributed by atoms with Gasteiger partial charge < -0.3 is 15.4 Å². The van der Waals surface area contributed by atoms with E-state index < -0.39 is 11.3 Å². The highest BCUT2D eigenvalue weighted by Crippen LogP contribution is 2.39. The second kappa shape index (κ2) is 8.04. The van der Waals surface area contributed by atoms with E-state index in [2.05, 4.69) is 35.6 Å². The van der Waals surface area contributed by atoms with E-state index in [-0.39, 0.29) is 23.0 Å². The fraction of sp³-hybridized carbons (Fsp3) is 0.318. The van der Waals surface area contributed by atoms with Crippen LogP contribution in [0.15, 0.2) is 43.2 Å². The van der Waals surface area contributed by atoms with E-state index in [1.807, 2.05) is 6.92 Å². The van der Waals surface area contributed by atoms with E-state index in [4.69, 9.17) is 4.74 Å². The molecule has 1 saturated heterocycles. The van der Waals surface area contributed by atoms with Gasteiger partial charge in [0.15, 0.2) is 17.3 Å². The number of amides is 1. The molecule has 10 heteroatoms. The molecule has 4 heterocycles. The molecular weight excluding hydrogens is 410 g/mol. The molecule has 0 spiro atoms. The summed E-state index contributed by atoms with van der Waals surface area (Å²) in [7, 11) is 0. The fourth-order valence-electron chi connectivity index (χ4n) is 3.42. The molecular formula is C22H21N7O3. The Morgan fingerprint density at radius 2 is 1.88 bits per heavy atom. The van der Waals surface area contributed by atoms with Crippen LogP contribution in [0.4, 0.5) is 17.2 Å². The average Bonchev–Trinajstić information content (AvgIpc) is 3.64. The zero-order chi connectivity index (χ0) is 22.1. The van der Waals surface area contributed by atoms with Crippen LogP contribution < -0.4 is 10.6 Å². The summed E-state index contributed by atoms with van der Waals surface area (Å²) in [6.45, 7) is 2.49. The first-order chi connectivity index (χ1) is 15.5. The summed E-state index contributed by atoms with van der Waals surface area (Å²) in [5.74, 6) is -0.0660. The molecule has 1 amide bonds. The monoisotopic (exact) mass is 431 g/mol. The van der Waals surface area contributed by atoms with Crippen LogP contribution in [0.2, 0.25) is 0 Å². The predicted octanol–water partition coefficient (Wildman–Crippen LogP) is 2.75. The van der Waals surface area contributed by atoms with Gasteiger partial charge in [0.25, 0.3) is 5.91 Å². The van der Waals surface area contributed by atoms with Gasteiger partial charge in [-0.05, 0) is 31.9 Å². The van der Waals surface area contributed by atoms with Gasteiger partial charge in [-0.3, -0.25) is 14.6 Å². The average molecular weight is 431 g/mol. The maximum atomic E-state index is 13.3. The van der Waals surface area contributed by atoms with E-state index >= 15 is 0 Å². The molecule has 0 aromatic carbocycles. The van der Waals surface area contributed by atoms with Crippen molar-refractivity contribution >= 4 is 28.9 Å². The summed E-state index contributed by atoms with van der Waals surface area (Å²) in [4.78, 5) is 47.4. The summed E-state index contributed by atoms with van der Waals surface area (Å²) < 4.78 is 5.21. The number of carbonyl (C=O) groups is 2. The second-order valence-corrected chi connectivity index (χ2v) is 8.25. The van der Waals surface area contributed by atoms with Crippen molar-refractivity contribution < 1.29 is 14.3 Å². The number of Topliss-reactive ketones (excluding diaryl/α,β-unsaturated/α-hetero) is 1. The number of ketones is 1. The molecule has 2 N–H and O–H groups in total. The van der Waals surface area contributed by atoms with Gasteiger partial charge in [0.05, 0.1) is 54.3 Å². The van der Waals surface area contributed by atoms with Crippen LogP contribution in [0.3, 0.4) is 0 Å². The van der Waals surface area contributed by atoms with E-state index in [1.54, 1.807) is 30.7 Å². The number of hydrogen-bond acceptors (Lipinski definition) is 9. The van der Waals surface area contributed by atoms with Crippen molar-refractivity contribution in [3.8, 4) is 0 Å². The molecule has 5 rings (SSSR count). The first kappa shape index (κ1) is 20.1. The largest absolute Gasteiger partial charge is 0.379 e. The summed E-state index contributed by atoms with van der Waals surface area (Å²) in [6, 6.07) is 3.32. The number of hydrogen-bond donors (Lipinski definition) is 2. The Hall–Kier alpha value is -3.79. The molecule has 2 fully saturated rings. The summed E-state index contributed by atoms with van der Waals surface area (Å²) in [5.41, 5.74) is 1.35. The van der Waals surface area contributed by atoms with Crippen LogP contribution >= 0.6 is 0 Å². The normalized spacial score (nSPS) is 16.7. The van der Waals surface area contributed by atoms with Gasteiger partial charge in [0.1, 0.15) is 12.0 Å². The van der Waals surface area contributed by atoms with Crippen LogP contribution in [0.1, 0.15) is 52.4 Å². The van der Waals surface area contributed by atoms with E-state index in [0.29, 0.717) is 30.5 Å². The lowest BCUT2D eigenvalue weighted by Gasteiger charge is -2.36. The topological polar surface area (TPSA) is 132 Å². The van der Waals surface area contributed by atoms with Gasteiger partial charge in [0, 0.05) is 12.1 Å². The highest BCUT2D eigenvalue weighted by atomic mass is 16.5. The lowest BCUT2D eigenvalue weighted by atomic mass is 9.82. The molecule has 1 saturated carbocycles. The Balaban J connectivity index is 1.45. The first-order valence-electron chi connectivity index (χ1n) is 10.3. The Bertz CT molecular complexity index is 1180. The van der Waals surface area contributed by atoms with Gasteiger partial charge in [0.2, 0.25) is 0 Å². The molecule has 0 atom stereocenters. The maximum absolute atomic E-state index is 13.3. The SMILES string of the molecule is CC1(C(=O)c2ncccc2NC(=O)c2nc(C3CC3)cnc2Nc2cncnc2)COC1. The summed E-state index contributed by atoms with van der Waals surface area (Å²) in [6.07, 6.45) is 9.82. The van der Waals surface area contributed by atoms with Gasteiger partial charge in [-0.15, -0.1) is 0 Å². The van der Waals surface area contributed by atoms with Crippen molar-refractivity contribution in [1.29, 1.82) is 0 Å². The smallest absolute Gasteiger partial charge is 0.278 e. The van der Waals surface area contributed by atoms with E-state index in [0.717, 1.165) is 18.5 Å². The second-order valence-electron chi connectivity index (χ2n) is 8.25. The summed E-state index contributed by atoms with van der Waals surface area (Å²) in [5, 5.41) is 5.85. The first-order valence-corrected chi connectivity index (χ1v) is 10.3. The van der Waals surface area contributed by atoms with Crippen molar-refractivity contribution in [2.45, 2.75) is 25.7 Å². The molecule has 1 aliphatic carbocycles. The van der Waals surface area contributed by atoms with Crippen molar-refractivity contribution in [2.24, 2.45) is 5.41 Å². The number of nitrogens with one attached hydrogen (secondary N) is 2. The quantitative estimate of drug-likeness (QED) is 0.542. The molecule has 162 valence electrons. The molecule has 3 aromatic rings.